The molecule has 0 spiro atoms. The predicted octanol–water partition coefficient (Wildman–Crippen LogP) is 0.617. The van der Waals surface area contributed by atoms with Crippen LogP contribution in [0.4, 0.5) is 0 Å². The molecule has 0 aromatic heterocycles. The highest BCUT2D eigenvalue weighted by atomic mass is 16.5. The number of methoxy groups -OCH3 is 1. The zero-order valence-electron chi connectivity index (χ0n) is 9.03. The molecule has 1 aliphatic rings. The summed E-state index contributed by atoms with van der Waals surface area (Å²) in [7, 11) is 1.53. The van der Waals surface area contributed by atoms with Gasteiger partial charge in [0.15, 0.2) is 0 Å². The molecule has 1 aliphatic heterocycles. The van der Waals surface area contributed by atoms with E-state index in [9.17, 15) is 9.59 Å². The third-order valence-electron chi connectivity index (χ3n) is 2.87. The van der Waals surface area contributed by atoms with E-state index in [1.54, 1.807) is 0 Å². The second kappa shape index (κ2) is 4.06. The van der Waals surface area contributed by atoms with Gasteiger partial charge in [-0.25, -0.2) is 0 Å². The van der Waals surface area contributed by atoms with E-state index < -0.39 is 5.41 Å². The Bertz CT molecular complexity index is 416. The van der Waals surface area contributed by atoms with Crippen LogP contribution in [0.3, 0.4) is 0 Å². The number of imide groups is 1. The van der Waals surface area contributed by atoms with Gasteiger partial charge in [-0.15, -0.1) is 0 Å². The average molecular weight is 219 g/mol. The molecule has 1 saturated heterocycles. The van der Waals surface area contributed by atoms with Gasteiger partial charge < -0.3 is 4.74 Å². The third kappa shape index (κ3) is 1.61. The van der Waals surface area contributed by atoms with E-state index in [4.69, 9.17) is 4.74 Å². The topological polar surface area (TPSA) is 55.4 Å². The van der Waals surface area contributed by atoms with Crippen LogP contribution < -0.4 is 5.32 Å². The number of nitrogens with one attached hydrogen (secondary N) is 1. The Labute approximate surface area is 93.6 Å². The third-order valence-corrected chi connectivity index (χ3v) is 2.87. The lowest BCUT2D eigenvalue weighted by Gasteiger charge is -2.24. The molecule has 0 saturated carbocycles. The summed E-state index contributed by atoms with van der Waals surface area (Å²) in [5, 5.41) is 2.33. The minimum atomic E-state index is -0.854. The number of hydrogen-bond donors (Lipinski definition) is 1. The lowest BCUT2D eigenvalue weighted by Crippen LogP contribution is -2.39. The number of carbonyl (C=O) groups is 2. The Morgan fingerprint density at radius 3 is 2.50 bits per heavy atom. The lowest BCUT2D eigenvalue weighted by molar-refractivity contribution is -0.127. The van der Waals surface area contributed by atoms with E-state index in [1.165, 1.54) is 7.11 Å². The molecule has 1 unspecified atom stereocenters. The van der Waals surface area contributed by atoms with Crippen molar-refractivity contribution in [2.45, 2.75) is 11.8 Å². The second-order valence-electron chi connectivity index (χ2n) is 3.94. The largest absolute Gasteiger partial charge is 0.383 e. The Kier molecular flexibility index (Phi) is 2.75. The minimum absolute atomic E-state index is 0.156. The first kappa shape index (κ1) is 10.8. The molecule has 4 heteroatoms. The summed E-state index contributed by atoms with van der Waals surface area (Å²) in [6.45, 7) is 0.217. The van der Waals surface area contributed by atoms with Gasteiger partial charge in [0.2, 0.25) is 11.8 Å². The molecule has 1 N–H and O–H groups in total. The van der Waals surface area contributed by atoms with Gasteiger partial charge in [0, 0.05) is 13.5 Å². The van der Waals surface area contributed by atoms with Crippen LogP contribution in [0, 0.1) is 0 Å². The van der Waals surface area contributed by atoms with Gasteiger partial charge in [-0.3, -0.25) is 14.9 Å². The maximum Gasteiger partial charge on any atom is 0.240 e. The number of ether oxygens (including phenoxy) is 1. The van der Waals surface area contributed by atoms with Crippen molar-refractivity contribution in [2.24, 2.45) is 0 Å². The van der Waals surface area contributed by atoms with Crippen LogP contribution in [0.1, 0.15) is 12.0 Å². The molecule has 0 bridgehead atoms. The van der Waals surface area contributed by atoms with Crippen molar-refractivity contribution in [1.82, 2.24) is 5.32 Å². The zero-order chi connectivity index (χ0) is 11.6. The van der Waals surface area contributed by atoms with Gasteiger partial charge in [-0.2, -0.15) is 0 Å². The number of rotatable bonds is 3. The van der Waals surface area contributed by atoms with E-state index in [2.05, 4.69) is 5.32 Å². The molecule has 1 heterocycles. The van der Waals surface area contributed by atoms with E-state index >= 15 is 0 Å². The Balaban J connectivity index is 2.44. The van der Waals surface area contributed by atoms with Crippen LogP contribution in [-0.4, -0.2) is 25.5 Å². The maximum atomic E-state index is 11.9. The number of amides is 2. The predicted molar refractivity (Wildman–Crippen MR) is 57.8 cm³/mol. The summed E-state index contributed by atoms with van der Waals surface area (Å²) in [4.78, 5) is 23.2. The summed E-state index contributed by atoms with van der Waals surface area (Å²) < 4.78 is 5.09. The fourth-order valence-corrected chi connectivity index (χ4v) is 2.08. The van der Waals surface area contributed by atoms with Crippen molar-refractivity contribution >= 4 is 11.8 Å². The van der Waals surface area contributed by atoms with E-state index in [0.717, 1.165) is 5.56 Å². The van der Waals surface area contributed by atoms with Crippen molar-refractivity contribution in [3.05, 3.63) is 35.9 Å². The van der Waals surface area contributed by atoms with Gasteiger partial charge >= 0.3 is 0 Å². The quantitative estimate of drug-likeness (QED) is 0.758. The average Bonchev–Trinajstić information content (AvgIpc) is 2.57. The first-order valence-corrected chi connectivity index (χ1v) is 5.08. The number of benzene rings is 1. The molecule has 2 amide bonds. The van der Waals surface area contributed by atoms with Gasteiger partial charge in [-0.05, 0) is 5.56 Å². The SMILES string of the molecule is COCC1(c2ccccc2)CC(=O)NC1=O. The molecular weight excluding hydrogens is 206 g/mol. The summed E-state index contributed by atoms with van der Waals surface area (Å²) in [6.07, 6.45) is 0.156. The number of carbonyl (C=O) groups excluding carboxylic acids is 2. The molecule has 1 aromatic rings. The first-order valence-electron chi connectivity index (χ1n) is 5.08. The normalized spacial score (nSPS) is 24.6. The fourth-order valence-electron chi connectivity index (χ4n) is 2.08. The summed E-state index contributed by atoms with van der Waals surface area (Å²) in [5.74, 6) is -0.517. The van der Waals surface area contributed by atoms with Gasteiger partial charge in [-0.1, -0.05) is 30.3 Å². The fraction of sp³-hybridized carbons (Fsp3) is 0.333. The van der Waals surface area contributed by atoms with E-state index in [1.807, 2.05) is 30.3 Å². The first-order chi connectivity index (χ1) is 7.69. The van der Waals surface area contributed by atoms with Crippen molar-refractivity contribution in [3.63, 3.8) is 0 Å². The van der Waals surface area contributed by atoms with Gasteiger partial charge in [0.25, 0.3) is 0 Å². The smallest absolute Gasteiger partial charge is 0.240 e. The minimum Gasteiger partial charge on any atom is -0.383 e. The monoisotopic (exact) mass is 219 g/mol. The Hall–Kier alpha value is -1.68. The van der Waals surface area contributed by atoms with E-state index in [-0.39, 0.29) is 24.8 Å². The summed E-state index contributed by atoms with van der Waals surface area (Å²) in [6, 6.07) is 9.26. The maximum absolute atomic E-state index is 11.9. The van der Waals surface area contributed by atoms with Crippen molar-refractivity contribution in [1.29, 1.82) is 0 Å². The van der Waals surface area contributed by atoms with Crippen LogP contribution >= 0.6 is 0 Å². The molecule has 0 aliphatic carbocycles. The van der Waals surface area contributed by atoms with Gasteiger partial charge in [0.1, 0.15) is 5.41 Å². The lowest BCUT2D eigenvalue weighted by atomic mass is 9.79. The molecule has 1 fully saturated rings. The standard InChI is InChI=1S/C12H13NO3/c1-16-8-12(7-10(14)13-11(12)15)9-5-3-2-4-6-9/h2-6H,7-8H2,1H3,(H,13,14,15). The van der Waals surface area contributed by atoms with Crippen LogP contribution in [-0.2, 0) is 19.7 Å². The summed E-state index contributed by atoms with van der Waals surface area (Å²) in [5.41, 5.74) is -0.0344. The molecule has 1 aromatic carbocycles. The Morgan fingerprint density at radius 1 is 1.31 bits per heavy atom. The van der Waals surface area contributed by atoms with Crippen LogP contribution in [0.5, 0.6) is 0 Å². The highest BCUT2D eigenvalue weighted by Crippen LogP contribution is 2.32. The highest BCUT2D eigenvalue weighted by Gasteiger charge is 2.48. The van der Waals surface area contributed by atoms with Crippen LogP contribution in [0.25, 0.3) is 0 Å². The molecule has 84 valence electrons. The van der Waals surface area contributed by atoms with E-state index in [0.29, 0.717) is 0 Å². The highest BCUT2D eigenvalue weighted by molar-refractivity contribution is 6.09. The summed E-state index contributed by atoms with van der Waals surface area (Å²) >= 11 is 0. The van der Waals surface area contributed by atoms with Crippen molar-refractivity contribution in [3.8, 4) is 0 Å². The Morgan fingerprint density at radius 2 is 2.00 bits per heavy atom. The van der Waals surface area contributed by atoms with Crippen LogP contribution in [0.2, 0.25) is 0 Å². The molecule has 1 atom stereocenters. The second-order valence-corrected chi connectivity index (χ2v) is 3.94. The zero-order valence-corrected chi connectivity index (χ0v) is 9.03. The van der Waals surface area contributed by atoms with Gasteiger partial charge in [0.05, 0.1) is 6.61 Å². The molecule has 16 heavy (non-hydrogen) atoms. The molecule has 4 nitrogen and oxygen atoms in total. The number of hydrogen-bond acceptors (Lipinski definition) is 3. The van der Waals surface area contributed by atoms with Crippen LogP contribution in [0.15, 0.2) is 30.3 Å². The molecule has 0 radical (unpaired) electrons. The molecule has 2 rings (SSSR count). The van der Waals surface area contributed by atoms with Crippen molar-refractivity contribution in [2.75, 3.05) is 13.7 Å². The van der Waals surface area contributed by atoms with Crippen molar-refractivity contribution < 1.29 is 14.3 Å². The molecular formula is C12H13NO3.